The number of aryl methyl sites for hydroxylation is 1. The van der Waals surface area contributed by atoms with Gasteiger partial charge >= 0.3 is 0 Å². The van der Waals surface area contributed by atoms with E-state index in [0.717, 1.165) is 12.8 Å². The number of nitrogens with one attached hydrogen (secondary N) is 1. The van der Waals surface area contributed by atoms with E-state index in [1.807, 2.05) is 17.9 Å². The highest BCUT2D eigenvalue weighted by Crippen LogP contribution is 2.23. The van der Waals surface area contributed by atoms with E-state index < -0.39 is 0 Å². The zero-order valence-corrected chi connectivity index (χ0v) is 12.1. The number of hydrogen-bond donors (Lipinski definition) is 1. The van der Waals surface area contributed by atoms with Gasteiger partial charge in [-0.2, -0.15) is 5.10 Å². The SMILES string of the molecule is Cc1c(C(C)NC2CC(C)OC(C)C2)cnn1C. The van der Waals surface area contributed by atoms with Crippen LogP contribution >= 0.6 is 0 Å². The predicted octanol–water partition coefficient (Wildman–Crippen LogP) is 2.34. The molecule has 1 aliphatic heterocycles. The summed E-state index contributed by atoms with van der Waals surface area (Å²) in [6.45, 7) is 8.65. The fourth-order valence-electron chi connectivity index (χ4n) is 2.93. The van der Waals surface area contributed by atoms with E-state index >= 15 is 0 Å². The highest BCUT2D eigenvalue weighted by atomic mass is 16.5. The lowest BCUT2D eigenvalue weighted by Gasteiger charge is -2.34. The lowest BCUT2D eigenvalue weighted by molar-refractivity contribution is -0.0433. The van der Waals surface area contributed by atoms with E-state index in [-0.39, 0.29) is 0 Å². The summed E-state index contributed by atoms with van der Waals surface area (Å²) >= 11 is 0. The number of hydrogen-bond acceptors (Lipinski definition) is 3. The quantitative estimate of drug-likeness (QED) is 0.896. The van der Waals surface area contributed by atoms with Gasteiger partial charge < -0.3 is 10.1 Å². The third-order valence-corrected chi connectivity index (χ3v) is 3.92. The van der Waals surface area contributed by atoms with Crippen molar-refractivity contribution in [3.05, 3.63) is 17.5 Å². The fourth-order valence-corrected chi connectivity index (χ4v) is 2.93. The van der Waals surface area contributed by atoms with E-state index in [0.29, 0.717) is 24.3 Å². The molecule has 18 heavy (non-hydrogen) atoms. The molecule has 3 unspecified atom stereocenters. The molecule has 0 saturated carbocycles. The van der Waals surface area contributed by atoms with Gasteiger partial charge in [0.15, 0.2) is 0 Å². The molecule has 2 heterocycles. The van der Waals surface area contributed by atoms with Gasteiger partial charge in [-0.15, -0.1) is 0 Å². The molecule has 1 aliphatic rings. The lowest BCUT2D eigenvalue weighted by Crippen LogP contribution is -2.42. The molecule has 0 aromatic carbocycles. The summed E-state index contributed by atoms with van der Waals surface area (Å²) < 4.78 is 7.71. The third kappa shape index (κ3) is 2.93. The first kappa shape index (κ1) is 13.6. The zero-order chi connectivity index (χ0) is 13.3. The van der Waals surface area contributed by atoms with E-state index in [4.69, 9.17) is 4.74 Å². The van der Waals surface area contributed by atoms with Gasteiger partial charge in [0.05, 0.1) is 18.4 Å². The molecule has 0 amide bonds. The molecule has 4 heteroatoms. The van der Waals surface area contributed by atoms with Gasteiger partial charge in [0, 0.05) is 30.4 Å². The monoisotopic (exact) mass is 251 g/mol. The first-order chi connectivity index (χ1) is 8.47. The Hall–Kier alpha value is -0.870. The van der Waals surface area contributed by atoms with Crippen molar-refractivity contribution in [1.29, 1.82) is 0 Å². The molecule has 0 radical (unpaired) electrons. The van der Waals surface area contributed by atoms with Crippen LogP contribution in [0.5, 0.6) is 0 Å². The number of rotatable bonds is 3. The van der Waals surface area contributed by atoms with Crippen LogP contribution < -0.4 is 5.32 Å². The topological polar surface area (TPSA) is 39.1 Å². The normalized spacial score (nSPS) is 30.4. The van der Waals surface area contributed by atoms with Gasteiger partial charge in [-0.1, -0.05) is 0 Å². The van der Waals surface area contributed by atoms with Gasteiger partial charge in [0.25, 0.3) is 0 Å². The molecule has 4 nitrogen and oxygen atoms in total. The van der Waals surface area contributed by atoms with Crippen LogP contribution in [0.1, 0.15) is 50.9 Å². The largest absolute Gasteiger partial charge is 0.375 e. The Labute approximate surface area is 110 Å². The Morgan fingerprint density at radius 3 is 2.50 bits per heavy atom. The Morgan fingerprint density at radius 1 is 1.39 bits per heavy atom. The summed E-state index contributed by atoms with van der Waals surface area (Å²) in [5.74, 6) is 0. The smallest absolute Gasteiger partial charge is 0.0565 e. The van der Waals surface area contributed by atoms with Crippen LogP contribution in [-0.4, -0.2) is 28.0 Å². The van der Waals surface area contributed by atoms with E-state index in [2.05, 4.69) is 38.1 Å². The van der Waals surface area contributed by atoms with Crippen molar-refractivity contribution >= 4 is 0 Å². The molecule has 0 bridgehead atoms. The van der Waals surface area contributed by atoms with Crippen molar-refractivity contribution in [1.82, 2.24) is 15.1 Å². The molecule has 2 rings (SSSR count). The van der Waals surface area contributed by atoms with Crippen molar-refractivity contribution < 1.29 is 4.74 Å². The zero-order valence-electron chi connectivity index (χ0n) is 12.1. The van der Waals surface area contributed by atoms with Crippen molar-refractivity contribution in [2.45, 2.75) is 64.8 Å². The van der Waals surface area contributed by atoms with Gasteiger partial charge in [0.1, 0.15) is 0 Å². The predicted molar refractivity (Wildman–Crippen MR) is 72.5 cm³/mol. The molecule has 0 aliphatic carbocycles. The van der Waals surface area contributed by atoms with Crippen LogP contribution in [-0.2, 0) is 11.8 Å². The maximum absolute atomic E-state index is 5.78. The van der Waals surface area contributed by atoms with Gasteiger partial charge in [-0.25, -0.2) is 0 Å². The van der Waals surface area contributed by atoms with E-state index in [1.54, 1.807) is 0 Å². The molecular formula is C14H25N3O. The second-order valence-corrected chi connectivity index (χ2v) is 5.62. The molecule has 1 N–H and O–H groups in total. The molecule has 1 saturated heterocycles. The average molecular weight is 251 g/mol. The Bertz CT molecular complexity index is 392. The lowest BCUT2D eigenvalue weighted by atomic mass is 9.98. The summed E-state index contributed by atoms with van der Waals surface area (Å²) in [5.41, 5.74) is 2.53. The number of aromatic nitrogens is 2. The van der Waals surface area contributed by atoms with Gasteiger partial charge in [-0.05, 0) is 40.5 Å². The van der Waals surface area contributed by atoms with Gasteiger partial charge in [0.2, 0.25) is 0 Å². The minimum absolute atomic E-state index is 0.348. The van der Waals surface area contributed by atoms with Crippen LogP contribution in [0.2, 0.25) is 0 Å². The molecule has 3 atom stereocenters. The first-order valence-corrected chi connectivity index (χ1v) is 6.87. The molecule has 1 fully saturated rings. The van der Waals surface area contributed by atoms with E-state index in [1.165, 1.54) is 11.3 Å². The number of nitrogens with zero attached hydrogens (tertiary/aromatic N) is 2. The van der Waals surface area contributed by atoms with Crippen molar-refractivity contribution in [2.75, 3.05) is 0 Å². The summed E-state index contributed by atoms with van der Waals surface area (Å²) in [7, 11) is 1.99. The minimum atomic E-state index is 0.348. The molecule has 1 aromatic heterocycles. The minimum Gasteiger partial charge on any atom is -0.375 e. The average Bonchev–Trinajstić information content (AvgIpc) is 2.58. The summed E-state index contributed by atoms with van der Waals surface area (Å²) in [6.07, 6.45) is 4.86. The maximum atomic E-state index is 5.78. The third-order valence-electron chi connectivity index (χ3n) is 3.92. The van der Waals surface area contributed by atoms with Crippen LogP contribution in [0, 0.1) is 6.92 Å². The van der Waals surface area contributed by atoms with Crippen molar-refractivity contribution in [3.8, 4) is 0 Å². The highest BCUT2D eigenvalue weighted by molar-refractivity contribution is 5.19. The van der Waals surface area contributed by atoms with Crippen molar-refractivity contribution in [2.24, 2.45) is 7.05 Å². The van der Waals surface area contributed by atoms with Crippen molar-refractivity contribution in [3.63, 3.8) is 0 Å². The fraction of sp³-hybridized carbons (Fsp3) is 0.786. The summed E-state index contributed by atoms with van der Waals surface area (Å²) in [5, 5.41) is 8.03. The Balaban J connectivity index is 1.98. The standard InChI is InChI=1S/C14H25N3O/c1-9-6-13(7-10(2)18-9)16-11(3)14-8-15-17(5)12(14)4/h8-11,13,16H,6-7H2,1-5H3. The molecule has 0 spiro atoms. The summed E-state index contributed by atoms with van der Waals surface area (Å²) in [4.78, 5) is 0. The van der Waals surface area contributed by atoms with Crippen LogP contribution in [0.4, 0.5) is 0 Å². The van der Waals surface area contributed by atoms with Crippen LogP contribution in [0.25, 0.3) is 0 Å². The summed E-state index contributed by atoms with van der Waals surface area (Å²) in [6, 6.07) is 0.888. The van der Waals surface area contributed by atoms with Gasteiger partial charge in [-0.3, -0.25) is 4.68 Å². The second kappa shape index (κ2) is 5.41. The highest BCUT2D eigenvalue weighted by Gasteiger charge is 2.26. The molecular weight excluding hydrogens is 226 g/mol. The maximum Gasteiger partial charge on any atom is 0.0565 e. The molecule has 102 valence electrons. The molecule has 1 aromatic rings. The van der Waals surface area contributed by atoms with E-state index in [9.17, 15) is 0 Å². The Morgan fingerprint density at radius 2 is 2.00 bits per heavy atom. The first-order valence-electron chi connectivity index (χ1n) is 6.87. The van der Waals surface area contributed by atoms with Crippen LogP contribution in [0.15, 0.2) is 6.20 Å². The number of ether oxygens (including phenoxy) is 1. The Kier molecular flexibility index (Phi) is 4.07. The second-order valence-electron chi connectivity index (χ2n) is 5.62. The van der Waals surface area contributed by atoms with Crippen LogP contribution in [0.3, 0.4) is 0 Å².